The lowest BCUT2D eigenvalue weighted by atomic mass is 10.2. The number of amides is 3. The molecule has 33 heavy (non-hydrogen) atoms. The minimum atomic E-state index is -0.591. The van der Waals surface area contributed by atoms with Gasteiger partial charge in [0.2, 0.25) is 11.8 Å². The highest BCUT2D eigenvalue weighted by molar-refractivity contribution is 8.00. The summed E-state index contributed by atoms with van der Waals surface area (Å²) in [4.78, 5) is 43.0. The van der Waals surface area contributed by atoms with Crippen LogP contribution in [-0.4, -0.2) is 28.0 Å². The topological polar surface area (TPSA) is 82.3 Å². The highest BCUT2D eigenvalue weighted by atomic mass is 32.2. The fraction of sp³-hybridized carbons (Fsp3) is 0.0800. The van der Waals surface area contributed by atoms with Crippen LogP contribution in [0.2, 0.25) is 0 Å². The van der Waals surface area contributed by atoms with Gasteiger partial charge in [0.25, 0.3) is 5.91 Å². The van der Waals surface area contributed by atoms with Gasteiger partial charge in [0.1, 0.15) is 5.82 Å². The molecule has 164 valence electrons. The smallest absolute Gasteiger partial charge is 0.258 e. The molecule has 1 fully saturated rings. The molecule has 1 aromatic heterocycles. The monoisotopic (exact) mass is 459 g/mol. The summed E-state index contributed by atoms with van der Waals surface area (Å²) in [7, 11) is 0. The summed E-state index contributed by atoms with van der Waals surface area (Å²) in [5.74, 6) is -1.63. The Balaban J connectivity index is 1.26. The molecular formula is C25H18FN3O3S. The van der Waals surface area contributed by atoms with Gasteiger partial charge in [0, 0.05) is 28.7 Å². The summed E-state index contributed by atoms with van der Waals surface area (Å²) in [6, 6.07) is 20.0. The molecule has 1 aliphatic rings. The van der Waals surface area contributed by atoms with E-state index in [0.717, 1.165) is 15.8 Å². The molecule has 6 nitrogen and oxygen atoms in total. The maximum absolute atomic E-state index is 13.8. The standard InChI is InChI=1S/C25H18FN3O3S/c26-20-4-2-1-3-19(20)24(31)28-16-6-9-18(10-7-16)33-22-14-23(30)29(25(22)32)17-8-5-15-11-12-27-21(15)13-17/h1-13,22,27H,14H2,(H,28,31). The summed E-state index contributed by atoms with van der Waals surface area (Å²) in [5.41, 5.74) is 1.87. The number of benzene rings is 3. The molecule has 3 aromatic carbocycles. The summed E-state index contributed by atoms with van der Waals surface area (Å²) >= 11 is 1.30. The number of aromatic nitrogens is 1. The number of nitrogens with one attached hydrogen (secondary N) is 2. The van der Waals surface area contributed by atoms with E-state index in [1.807, 2.05) is 18.3 Å². The first-order valence-corrected chi connectivity index (χ1v) is 11.1. The first-order chi connectivity index (χ1) is 16.0. The molecule has 1 atom stereocenters. The number of fused-ring (bicyclic) bond motifs is 1. The van der Waals surface area contributed by atoms with Crippen molar-refractivity contribution < 1.29 is 18.8 Å². The van der Waals surface area contributed by atoms with Crippen LogP contribution in [0.5, 0.6) is 0 Å². The Hall–Kier alpha value is -3.91. The molecule has 0 spiro atoms. The molecule has 1 aliphatic heterocycles. The number of halogens is 1. The number of hydrogen-bond acceptors (Lipinski definition) is 4. The third kappa shape index (κ3) is 4.12. The number of nitrogens with zero attached hydrogens (tertiary/aromatic N) is 1. The number of imide groups is 1. The zero-order chi connectivity index (χ0) is 22.9. The molecule has 2 heterocycles. The van der Waals surface area contributed by atoms with Gasteiger partial charge in [-0.3, -0.25) is 14.4 Å². The van der Waals surface area contributed by atoms with Crippen molar-refractivity contribution in [2.24, 2.45) is 0 Å². The predicted molar refractivity (Wildman–Crippen MR) is 126 cm³/mol. The van der Waals surface area contributed by atoms with Crippen LogP contribution in [-0.2, 0) is 9.59 Å². The zero-order valence-corrected chi connectivity index (χ0v) is 18.1. The van der Waals surface area contributed by atoms with Gasteiger partial charge in [-0.25, -0.2) is 9.29 Å². The third-order valence-electron chi connectivity index (χ3n) is 5.41. The van der Waals surface area contributed by atoms with Crippen molar-refractivity contribution in [1.82, 2.24) is 4.98 Å². The molecule has 1 unspecified atom stereocenters. The Kier molecular flexibility index (Phi) is 5.43. The quantitative estimate of drug-likeness (QED) is 0.412. The molecule has 0 bridgehead atoms. The third-order valence-corrected chi connectivity index (χ3v) is 6.61. The molecule has 8 heteroatoms. The van der Waals surface area contributed by atoms with Crippen molar-refractivity contribution in [3.63, 3.8) is 0 Å². The number of H-pyrrole nitrogens is 1. The molecule has 2 N–H and O–H groups in total. The van der Waals surface area contributed by atoms with Crippen LogP contribution in [0.15, 0.2) is 83.9 Å². The van der Waals surface area contributed by atoms with Crippen molar-refractivity contribution >= 4 is 51.8 Å². The molecule has 0 saturated carbocycles. The van der Waals surface area contributed by atoms with Crippen LogP contribution in [0.3, 0.4) is 0 Å². The van der Waals surface area contributed by atoms with Gasteiger partial charge in [-0.2, -0.15) is 0 Å². The normalized spacial score (nSPS) is 15.9. The SMILES string of the molecule is O=C(Nc1ccc(SC2CC(=O)N(c3ccc4cc[nH]c4c3)C2=O)cc1)c1ccccc1F. The minimum Gasteiger partial charge on any atom is -0.361 e. The lowest BCUT2D eigenvalue weighted by Gasteiger charge is -2.15. The Bertz CT molecular complexity index is 1380. The van der Waals surface area contributed by atoms with Crippen molar-refractivity contribution in [2.45, 2.75) is 16.6 Å². The van der Waals surface area contributed by atoms with E-state index >= 15 is 0 Å². The number of rotatable bonds is 5. The van der Waals surface area contributed by atoms with E-state index in [1.54, 1.807) is 42.5 Å². The Labute approximate surface area is 192 Å². The lowest BCUT2D eigenvalue weighted by molar-refractivity contribution is -0.121. The van der Waals surface area contributed by atoms with Crippen LogP contribution in [0, 0.1) is 5.82 Å². The van der Waals surface area contributed by atoms with Crippen LogP contribution in [0.1, 0.15) is 16.8 Å². The first kappa shape index (κ1) is 21.0. The maximum Gasteiger partial charge on any atom is 0.258 e. The van der Waals surface area contributed by atoms with Crippen LogP contribution < -0.4 is 10.2 Å². The summed E-state index contributed by atoms with van der Waals surface area (Å²) in [6.07, 6.45) is 1.92. The average Bonchev–Trinajstić information content (AvgIpc) is 3.38. The summed E-state index contributed by atoms with van der Waals surface area (Å²) in [5, 5.41) is 3.13. The van der Waals surface area contributed by atoms with Gasteiger partial charge >= 0.3 is 0 Å². The van der Waals surface area contributed by atoms with E-state index in [4.69, 9.17) is 0 Å². The van der Waals surface area contributed by atoms with E-state index in [2.05, 4.69) is 10.3 Å². The molecule has 3 amide bonds. The van der Waals surface area contributed by atoms with Crippen molar-refractivity contribution in [1.29, 1.82) is 0 Å². The molecule has 5 rings (SSSR count). The van der Waals surface area contributed by atoms with Gasteiger partial charge in [-0.15, -0.1) is 11.8 Å². The Morgan fingerprint density at radius 3 is 2.61 bits per heavy atom. The average molecular weight is 460 g/mol. The van der Waals surface area contributed by atoms with Crippen molar-refractivity contribution in [3.05, 3.63) is 90.4 Å². The maximum atomic E-state index is 13.8. The van der Waals surface area contributed by atoms with Gasteiger partial charge in [-0.1, -0.05) is 18.2 Å². The van der Waals surface area contributed by atoms with E-state index < -0.39 is 17.0 Å². The fourth-order valence-electron chi connectivity index (χ4n) is 3.77. The molecule has 0 aliphatic carbocycles. The molecule has 4 aromatic rings. The largest absolute Gasteiger partial charge is 0.361 e. The van der Waals surface area contributed by atoms with Crippen molar-refractivity contribution in [2.75, 3.05) is 10.2 Å². The number of aromatic amines is 1. The zero-order valence-electron chi connectivity index (χ0n) is 17.2. The number of carbonyl (C=O) groups excluding carboxylic acids is 3. The lowest BCUT2D eigenvalue weighted by Crippen LogP contribution is -2.31. The molecule has 1 saturated heterocycles. The highest BCUT2D eigenvalue weighted by Gasteiger charge is 2.40. The predicted octanol–water partition coefficient (Wildman–Crippen LogP) is 4.98. The van der Waals surface area contributed by atoms with Crippen LogP contribution >= 0.6 is 11.8 Å². The van der Waals surface area contributed by atoms with Gasteiger partial charge < -0.3 is 10.3 Å². The Morgan fingerprint density at radius 2 is 1.82 bits per heavy atom. The fourth-order valence-corrected chi connectivity index (χ4v) is 4.82. The van der Waals surface area contributed by atoms with Gasteiger partial charge in [0.05, 0.1) is 16.5 Å². The number of thioether (sulfide) groups is 1. The summed E-state index contributed by atoms with van der Waals surface area (Å²) in [6.45, 7) is 0. The second kappa shape index (κ2) is 8.55. The van der Waals surface area contributed by atoms with Crippen LogP contribution in [0.25, 0.3) is 10.9 Å². The molecular weight excluding hydrogens is 441 g/mol. The van der Waals surface area contributed by atoms with Gasteiger partial charge in [0.15, 0.2) is 0 Å². The van der Waals surface area contributed by atoms with E-state index in [0.29, 0.717) is 11.4 Å². The van der Waals surface area contributed by atoms with E-state index in [1.165, 1.54) is 34.9 Å². The summed E-state index contributed by atoms with van der Waals surface area (Å²) < 4.78 is 13.8. The number of hydrogen-bond donors (Lipinski definition) is 2. The second-order valence-electron chi connectivity index (χ2n) is 7.59. The van der Waals surface area contributed by atoms with Gasteiger partial charge in [-0.05, 0) is 60.0 Å². The minimum absolute atomic E-state index is 0.0383. The van der Waals surface area contributed by atoms with Crippen LogP contribution in [0.4, 0.5) is 15.8 Å². The Morgan fingerprint density at radius 1 is 1.03 bits per heavy atom. The number of anilines is 2. The molecule has 0 radical (unpaired) electrons. The number of carbonyl (C=O) groups is 3. The highest BCUT2D eigenvalue weighted by Crippen LogP contribution is 2.35. The van der Waals surface area contributed by atoms with E-state index in [9.17, 15) is 18.8 Å². The van der Waals surface area contributed by atoms with E-state index in [-0.39, 0.29) is 23.8 Å². The first-order valence-electron chi connectivity index (χ1n) is 10.3. The second-order valence-corrected chi connectivity index (χ2v) is 8.86. The van der Waals surface area contributed by atoms with Crippen molar-refractivity contribution in [3.8, 4) is 0 Å².